The topological polar surface area (TPSA) is 273 Å². The van der Waals surface area contributed by atoms with Crippen molar-refractivity contribution in [2.45, 2.75) is 160 Å². The number of ether oxygens (including phenoxy) is 4. The van der Waals surface area contributed by atoms with Crippen molar-refractivity contribution in [1.29, 1.82) is 0 Å². The Labute approximate surface area is 326 Å². The first kappa shape index (κ1) is 42.5. The standard InChI is InChI=1S/C40H62O16/c1-16(33(51)52)24-27(46)29(48)32-36(24,2)9-10-37(3)18-11-23(43)40(6)13-20(19(42)12-39(40,5)17(18)7-8-38(32,37)4)54-34-30(49)26(45)22(15-53-34)56-35-31(50)28(47)25(44)21(14-41)55-35/h11,16-17,19-22,24-32,34-35,41-42,44-50H,7-10,12-15H2,1-6H3,(H,51,52). The van der Waals surface area contributed by atoms with Crippen LogP contribution in [-0.2, 0) is 28.5 Å². The van der Waals surface area contributed by atoms with E-state index in [0.29, 0.717) is 25.7 Å². The Kier molecular flexibility index (Phi) is 10.8. The summed E-state index contributed by atoms with van der Waals surface area (Å²) in [7, 11) is 0. The van der Waals surface area contributed by atoms with Gasteiger partial charge in [0.1, 0.15) is 42.7 Å². The van der Waals surface area contributed by atoms with Crippen LogP contribution in [0.4, 0.5) is 0 Å². The van der Waals surface area contributed by atoms with Crippen molar-refractivity contribution in [3.8, 4) is 0 Å². The lowest BCUT2D eigenvalue weighted by atomic mass is 9.35. The number of allylic oxidation sites excluding steroid dienone is 2. The lowest BCUT2D eigenvalue weighted by molar-refractivity contribution is -0.350. The molecule has 10 N–H and O–H groups in total. The van der Waals surface area contributed by atoms with Crippen molar-refractivity contribution in [3.63, 3.8) is 0 Å². The second kappa shape index (κ2) is 14.2. The molecule has 2 heterocycles. The number of aliphatic carboxylic acids is 1. The van der Waals surface area contributed by atoms with Crippen molar-refractivity contribution in [2.75, 3.05) is 13.2 Å². The number of hydrogen-bond acceptors (Lipinski definition) is 15. The molecule has 0 aromatic carbocycles. The molecule has 0 aromatic heterocycles. The van der Waals surface area contributed by atoms with Gasteiger partial charge in [-0.3, -0.25) is 9.59 Å². The van der Waals surface area contributed by atoms with Crippen LogP contribution in [0, 0.1) is 50.7 Å². The molecule has 2 saturated heterocycles. The predicted octanol–water partition coefficient (Wildman–Crippen LogP) is -0.778. The molecule has 7 aliphatic rings. The number of fused-ring (bicyclic) bond motifs is 7. The van der Waals surface area contributed by atoms with E-state index in [1.165, 1.54) is 0 Å². The molecule has 318 valence electrons. The monoisotopic (exact) mass is 798 g/mol. The van der Waals surface area contributed by atoms with Crippen LogP contribution < -0.4 is 0 Å². The van der Waals surface area contributed by atoms with Gasteiger partial charge in [-0.1, -0.05) is 47.1 Å². The van der Waals surface area contributed by atoms with Gasteiger partial charge < -0.3 is 70.0 Å². The van der Waals surface area contributed by atoms with E-state index in [1.807, 2.05) is 20.8 Å². The van der Waals surface area contributed by atoms with Crippen molar-refractivity contribution >= 4 is 11.8 Å². The molecule has 16 nitrogen and oxygen atoms in total. The summed E-state index contributed by atoms with van der Waals surface area (Å²) in [6.07, 6.45) is -13.8. The Balaban J connectivity index is 1.09. The highest BCUT2D eigenvalue weighted by Crippen LogP contribution is 2.76. The third kappa shape index (κ3) is 5.80. The minimum atomic E-state index is -1.73. The van der Waals surface area contributed by atoms with Crippen LogP contribution >= 0.6 is 0 Å². The SMILES string of the molecule is CC(C(=O)O)C1C(O)C(O)C2C1(C)CCC1(C)C3=CC(=O)C4(C)CC(OC5OCC(OC6OC(CO)C(O)C(O)C6O)C(O)C5O)C(O)CC4(C)C3CCC21C. The van der Waals surface area contributed by atoms with Crippen LogP contribution in [0.1, 0.15) is 80.1 Å². The number of carbonyl (C=O) groups is 2. The average molecular weight is 799 g/mol. The number of carboxylic acids is 1. The first-order valence-corrected chi connectivity index (χ1v) is 20.1. The molecule has 7 rings (SSSR count). The van der Waals surface area contributed by atoms with Crippen LogP contribution in [0.5, 0.6) is 0 Å². The first-order valence-electron chi connectivity index (χ1n) is 20.1. The van der Waals surface area contributed by atoms with Crippen LogP contribution in [0.15, 0.2) is 11.6 Å². The highest BCUT2D eigenvalue weighted by molar-refractivity contribution is 5.97. The Hall–Kier alpha value is -1.64. The van der Waals surface area contributed by atoms with Crippen molar-refractivity contribution < 1.29 is 79.6 Å². The van der Waals surface area contributed by atoms with Crippen molar-refractivity contribution in [2.24, 2.45) is 50.7 Å². The number of ketones is 1. The highest BCUT2D eigenvalue weighted by atomic mass is 16.7. The zero-order valence-corrected chi connectivity index (χ0v) is 33.0. The summed E-state index contributed by atoms with van der Waals surface area (Å²) in [6, 6.07) is 0. The number of carbonyl (C=O) groups excluding carboxylic acids is 1. The molecule has 4 saturated carbocycles. The van der Waals surface area contributed by atoms with E-state index in [2.05, 4.69) is 13.8 Å². The van der Waals surface area contributed by atoms with Crippen molar-refractivity contribution in [3.05, 3.63) is 11.6 Å². The first-order chi connectivity index (χ1) is 26.0. The summed E-state index contributed by atoms with van der Waals surface area (Å²) in [5, 5.41) is 107. The van der Waals surface area contributed by atoms with Gasteiger partial charge in [0.2, 0.25) is 0 Å². The van der Waals surface area contributed by atoms with E-state index in [4.69, 9.17) is 18.9 Å². The van der Waals surface area contributed by atoms with Crippen LogP contribution in [0.25, 0.3) is 0 Å². The zero-order chi connectivity index (χ0) is 41.2. The molecular weight excluding hydrogens is 736 g/mol. The maximum absolute atomic E-state index is 14.6. The Morgan fingerprint density at radius 2 is 1.43 bits per heavy atom. The van der Waals surface area contributed by atoms with E-state index < -0.39 is 137 Å². The third-order valence-corrected chi connectivity index (χ3v) is 17.0. The molecule has 0 bridgehead atoms. The normalized spacial score (nSPS) is 56.3. The molecule has 22 atom stereocenters. The predicted molar refractivity (Wildman–Crippen MR) is 192 cm³/mol. The number of carboxylic acid groups (broad SMARTS) is 1. The van der Waals surface area contributed by atoms with E-state index in [0.717, 1.165) is 5.57 Å². The van der Waals surface area contributed by atoms with Gasteiger partial charge in [0.25, 0.3) is 0 Å². The molecule has 2 aliphatic heterocycles. The fourth-order valence-electron chi connectivity index (χ4n) is 13.2. The van der Waals surface area contributed by atoms with Gasteiger partial charge in [-0.2, -0.15) is 0 Å². The molecule has 0 radical (unpaired) electrons. The quantitative estimate of drug-likeness (QED) is 0.151. The van der Waals surface area contributed by atoms with E-state index >= 15 is 0 Å². The molecule has 6 fully saturated rings. The molecule has 5 aliphatic carbocycles. The maximum atomic E-state index is 14.6. The molecular formula is C40H62O16. The van der Waals surface area contributed by atoms with Crippen LogP contribution in [-0.4, -0.2) is 156 Å². The summed E-state index contributed by atoms with van der Waals surface area (Å²) >= 11 is 0. The molecule has 16 heteroatoms. The number of aliphatic hydroxyl groups is 9. The lowest BCUT2D eigenvalue weighted by Gasteiger charge is -2.69. The molecule has 22 unspecified atom stereocenters. The maximum Gasteiger partial charge on any atom is 0.306 e. The Morgan fingerprint density at radius 3 is 2.07 bits per heavy atom. The highest BCUT2D eigenvalue weighted by Gasteiger charge is 2.74. The van der Waals surface area contributed by atoms with Crippen molar-refractivity contribution in [1.82, 2.24) is 0 Å². The summed E-state index contributed by atoms with van der Waals surface area (Å²) in [6.45, 7) is 10.8. The van der Waals surface area contributed by atoms with E-state index in [1.54, 1.807) is 13.0 Å². The minimum Gasteiger partial charge on any atom is -0.481 e. The lowest BCUT2D eigenvalue weighted by Crippen LogP contribution is -2.66. The summed E-state index contributed by atoms with van der Waals surface area (Å²) < 4.78 is 22.9. The fourth-order valence-corrected chi connectivity index (χ4v) is 13.2. The largest absolute Gasteiger partial charge is 0.481 e. The summed E-state index contributed by atoms with van der Waals surface area (Å²) in [5.74, 6) is -3.17. The van der Waals surface area contributed by atoms with Gasteiger partial charge in [0.05, 0.1) is 43.5 Å². The Bertz CT molecular complexity index is 1570. The Morgan fingerprint density at radius 1 is 0.786 bits per heavy atom. The van der Waals surface area contributed by atoms with Gasteiger partial charge >= 0.3 is 5.97 Å². The molecule has 0 spiro atoms. The molecule has 56 heavy (non-hydrogen) atoms. The summed E-state index contributed by atoms with van der Waals surface area (Å²) in [4.78, 5) is 26.8. The van der Waals surface area contributed by atoms with Gasteiger partial charge in [-0.25, -0.2) is 0 Å². The fraction of sp³-hybridized carbons (Fsp3) is 0.900. The molecule has 0 amide bonds. The second-order valence-electron chi connectivity index (χ2n) is 19.4. The minimum absolute atomic E-state index is 0.0889. The number of hydrogen-bond donors (Lipinski definition) is 10. The number of rotatable bonds is 7. The number of aliphatic hydroxyl groups excluding tert-OH is 9. The third-order valence-electron chi connectivity index (χ3n) is 17.0. The van der Waals surface area contributed by atoms with Gasteiger partial charge in [-0.15, -0.1) is 0 Å². The summed E-state index contributed by atoms with van der Waals surface area (Å²) in [5.41, 5.74) is -2.53. The average Bonchev–Trinajstić information content (AvgIpc) is 3.34. The second-order valence-corrected chi connectivity index (χ2v) is 19.4. The van der Waals surface area contributed by atoms with Gasteiger partial charge in [0, 0.05) is 11.3 Å². The van der Waals surface area contributed by atoms with E-state index in [9.17, 15) is 60.7 Å². The van der Waals surface area contributed by atoms with Gasteiger partial charge in [0.15, 0.2) is 18.4 Å². The van der Waals surface area contributed by atoms with Crippen LogP contribution in [0.3, 0.4) is 0 Å². The smallest absolute Gasteiger partial charge is 0.306 e. The van der Waals surface area contributed by atoms with Gasteiger partial charge in [-0.05, 0) is 78.1 Å². The zero-order valence-electron chi connectivity index (χ0n) is 33.0. The van der Waals surface area contributed by atoms with E-state index in [-0.39, 0.29) is 31.1 Å². The molecule has 0 aromatic rings. The van der Waals surface area contributed by atoms with Crippen LogP contribution in [0.2, 0.25) is 0 Å².